The molecule has 0 rings (SSSR count). The molecule has 0 saturated carbocycles. The summed E-state index contributed by atoms with van der Waals surface area (Å²) in [5, 5.41) is 0. The Labute approximate surface area is 133 Å². The first-order chi connectivity index (χ1) is 10.3. The van der Waals surface area contributed by atoms with Gasteiger partial charge in [0.1, 0.15) is 0 Å². The Kier molecular flexibility index (Phi) is 17.8. The van der Waals surface area contributed by atoms with E-state index in [1.54, 1.807) is 0 Å². The van der Waals surface area contributed by atoms with Crippen molar-refractivity contribution >= 4 is 0 Å². The average Bonchev–Trinajstić information content (AvgIpc) is 2.48. The van der Waals surface area contributed by atoms with E-state index in [2.05, 4.69) is 11.8 Å². The van der Waals surface area contributed by atoms with Gasteiger partial charge in [-0.05, 0) is 13.0 Å². The first-order valence-corrected chi connectivity index (χ1v) is 9.47. The van der Waals surface area contributed by atoms with Crippen molar-refractivity contribution in [2.24, 2.45) is 11.5 Å². The molecule has 0 saturated heterocycles. The zero-order valence-electron chi connectivity index (χ0n) is 14.6. The predicted octanol–water partition coefficient (Wildman–Crippen LogP) is 3.91. The second-order valence-electron chi connectivity index (χ2n) is 6.31. The highest BCUT2D eigenvalue weighted by molar-refractivity contribution is 4.59. The lowest BCUT2D eigenvalue weighted by Crippen LogP contribution is -2.34. The summed E-state index contributed by atoms with van der Waals surface area (Å²) in [6.07, 6.45) is 16.9. The number of unbranched alkanes of at least 4 members (excludes halogenated alkanes) is 11. The van der Waals surface area contributed by atoms with Crippen LogP contribution in [0.2, 0.25) is 0 Å². The van der Waals surface area contributed by atoms with Crippen LogP contribution in [0, 0.1) is 0 Å². The van der Waals surface area contributed by atoms with Crippen molar-refractivity contribution in [1.29, 1.82) is 0 Å². The number of hydrogen-bond donors (Lipinski definition) is 2. The zero-order valence-corrected chi connectivity index (χ0v) is 14.6. The molecule has 0 aliphatic rings. The molecule has 4 N–H and O–H groups in total. The van der Waals surface area contributed by atoms with Crippen LogP contribution in [-0.2, 0) is 0 Å². The van der Waals surface area contributed by atoms with Gasteiger partial charge in [0.05, 0.1) is 0 Å². The van der Waals surface area contributed by atoms with Gasteiger partial charge < -0.3 is 16.4 Å². The highest BCUT2D eigenvalue weighted by atomic mass is 15.1. The molecule has 0 aliphatic heterocycles. The van der Waals surface area contributed by atoms with Crippen molar-refractivity contribution < 1.29 is 0 Å². The molecule has 0 aromatic rings. The summed E-state index contributed by atoms with van der Waals surface area (Å²) in [6, 6.07) is 0. The lowest BCUT2D eigenvalue weighted by Gasteiger charge is -2.20. The van der Waals surface area contributed by atoms with Gasteiger partial charge in [-0.1, -0.05) is 77.6 Å². The molecule has 0 aromatic carbocycles. The Morgan fingerprint density at radius 1 is 0.524 bits per heavy atom. The van der Waals surface area contributed by atoms with Crippen LogP contribution in [0.3, 0.4) is 0 Å². The maximum Gasteiger partial charge on any atom is 0.0105 e. The van der Waals surface area contributed by atoms with Crippen molar-refractivity contribution in [3.63, 3.8) is 0 Å². The number of hydrogen-bond acceptors (Lipinski definition) is 3. The molecule has 21 heavy (non-hydrogen) atoms. The Bertz CT molecular complexity index is 179. The van der Waals surface area contributed by atoms with Gasteiger partial charge >= 0.3 is 0 Å². The SMILES string of the molecule is CCCCCCCCCCCCCCN(CCN)CCN. The van der Waals surface area contributed by atoms with E-state index in [0.29, 0.717) is 0 Å². The molecule has 3 heteroatoms. The summed E-state index contributed by atoms with van der Waals surface area (Å²) in [4.78, 5) is 2.40. The van der Waals surface area contributed by atoms with E-state index in [4.69, 9.17) is 11.5 Å². The van der Waals surface area contributed by atoms with Crippen LogP contribution in [0.25, 0.3) is 0 Å². The van der Waals surface area contributed by atoms with Gasteiger partial charge in [-0.3, -0.25) is 0 Å². The first-order valence-electron chi connectivity index (χ1n) is 9.47. The van der Waals surface area contributed by atoms with Crippen molar-refractivity contribution in [3.05, 3.63) is 0 Å². The molecule has 0 aromatic heterocycles. The van der Waals surface area contributed by atoms with Crippen molar-refractivity contribution in [1.82, 2.24) is 4.90 Å². The summed E-state index contributed by atoms with van der Waals surface area (Å²) >= 11 is 0. The molecule has 0 amide bonds. The van der Waals surface area contributed by atoms with E-state index >= 15 is 0 Å². The van der Waals surface area contributed by atoms with Crippen LogP contribution < -0.4 is 11.5 Å². The summed E-state index contributed by atoms with van der Waals surface area (Å²) < 4.78 is 0. The van der Waals surface area contributed by atoms with Crippen LogP contribution in [-0.4, -0.2) is 37.6 Å². The fourth-order valence-corrected chi connectivity index (χ4v) is 2.88. The smallest absolute Gasteiger partial charge is 0.0105 e. The van der Waals surface area contributed by atoms with Gasteiger partial charge in [0, 0.05) is 26.2 Å². The van der Waals surface area contributed by atoms with E-state index < -0.39 is 0 Å². The highest BCUT2D eigenvalue weighted by Gasteiger charge is 2.01. The molecule has 0 spiro atoms. The number of nitrogens with two attached hydrogens (primary N) is 2. The van der Waals surface area contributed by atoms with Crippen molar-refractivity contribution in [2.45, 2.75) is 84.0 Å². The standard InChI is InChI=1S/C18H41N3/c1-2-3-4-5-6-7-8-9-10-11-12-13-16-21(17-14-19)18-15-20/h2-20H2,1H3. The van der Waals surface area contributed by atoms with Gasteiger partial charge in [-0.2, -0.15) is 0 Å². The maximum atomic E-state index is 5.61. The second kappa shape index (κ2) is 17.9. The molecule has 3 nitrogen and oxygen atoms in total. The second-order valence-corrected chi connectivity index (χ2v) is 6.31. The van der Waals surface area contributed by atoms with Crippen LogP contribution in [0.15, 0.2) is 0 Å². The van der Waals surface area contributed by atoms with Crippen LogP contribution >= 0.6 is 0 Å². The predicted molar refractivity (Wildman–Crippen MR) is 95.6 cm³/mol. The zero-order chi connectivity index (χ0) is 15.6. The van der Waals surface area contributed by atoms with Crippen LogP contribution in [0.1, 0.15) is 84.0 Å². The molecule has 0 radical (unpaired) electrons. The van der Waals surface area contributed by atoms with Crippen LogP contribution in [0.4, 0.5) is 0 Å². The molecule has 0 aliphatic carbocycles. The van der Waals surface area contributed by atoms with Gasteiger partial charge in [-0.15, -0.1) is 0 Å². The molecular formula is C18H41N3. The third-order valence-electron chi connectivity index (χ3n) is 4.22. The van der Waals surface area contributed by atoms with E-state index in [9.17, 15) is 0 Å². The molecule has 0 atom stereocenters. The fourth-order valence-electron chi connectivity index (χ4n) is 2.88. The summed E-state index contributed by atoms with van der Waals surface area (Å²) in [7, 11) is 0. The summed E-state index contributed by atoms with van der Waals surface area (Å²) in [6.45, 7) is 6.94. The molecule has 0 unspecified atom stereocenters. The van der Waals surface area contributed by atoms with Gasteiger partial charge in [-0.25, -0.2) is 0 Å². The molecular weight excluding hydrogens is 258 g/mol. The van der Waals surface area contributed by atoms with Gasteiger partial charge in [0.2, 0.25) is 0 Å². The minimum atomic E-state index is 0.748. The maximum absolute atomic E-state index is 5.61. The first kappa shape index (κ1) is 20.9. The third kappa shape index (κ3) is 16.1. The average molecular weight is 300 g/mol. The quantitative estimate of drug-likeness (QED) is 0.400. The third-order valence-corrected chi connectivity index (χ3v) is 4.22. The minimum absolute atomic E-state index is 0.748. The summed E-state index contributed by atoms with van der Waals surface area (Å²) in [5.41, 5.74) is 11.2. The Hall–Kier alpha value is -0.120. The lowest BCUT2D eigenvalue weighted by molar-refractivity contribution is 0.281. The molecule has 128 valence electrons. The Morgan fingerprint density at radius 3 is 1.29 bits per heavy atom. The lowest BCUT2D eigenvalue weighted by atomic mass is 10.1. The van der Waals surface area contributed by atoms with E-state index in [1.165, 1.54) is 83.6 Å². The topological polar surface area (TPSA) is 55.3 Å². The molecule has 0 fully saturated rings. The fraction of sp³-hybridized carbons (Fsp3) is 1.00. The normalized spacial score (nSPS) is 11.4. The molecule has 0 bridgehead atoms. The highest BCUT2D eigenvalue weighted by Crippen LogP contribution is 2.12. The van der Waals surface area contributed by atoms with Gasteiger partial charge in [0.15, 0.2) is 0 Å². The van der Waals surface area contributed by atoms with Crippen molar-refractivity contribution in [3.8, 4) is 0 Å². The number of rotatable bonds is 17. The van der Waals surface area contributed by atoms with E-state index in [-0.39, 0.29) is 0 Å². The largest absolute Gasteiger partial charge is 0.329 e. The van der Waals surface area contributed by atoms with E-state index in [0.717, 1.165) is 26.2 Å². The molecule has 0 heterocycles. The number of nitrogens with zero attached hydrogens (tertiary/aromatic N) is 1. The monoisotopic (exact) mass is 299 g/mol. The Morgan fingerprint density at radius 2 is 0.905 bits per heavy atom. The van der Waals surface area contributed by atoms with Crippen molar-refractivity contribution in [2.75, 3.05) is 32.7 Å². The van der Waals surface area contributed by atoms with E-state index in [1.807, 2.05) is 0 Å². The minimum Gasteiger partial charge on any atom is -0.329 e. The Balaban J connectivity index is 3.17. The summed E-state index contributed by atoms with van der Waals surface area (Å²) in [5.74, 6) is 0. The van der Waals surface area contributed by atoms with Crippen LogP contribution in [0.5, 0.6) is 0 Å². The van der Waals surface area contributed by atoms with Gasteiger partial charge in [0.25, 0.3) is 0 Å².